The van der Waals surface area contributed by atoms with Crippen LogP contribution in [-0.4, -0.2) is 4.57 Å². The lowest BCUT2D eigenvalue weighted by atomic mass is 9.98. The Kier molecular flexibility index (Phi) is 9.75. The van der Waals surface area contributed by atoms with E-state index in [9.17, 15) is 0 Å². The summed E-state index contributed by atoms with van der Waals surface area (Å²) in [5, 5.41) is 10.3. The van der Waals surface area contributed by atoms with E-state index in [1.165, 1.54) is 108 Å². The number of thiophene rings is 1. The smallest absolute Gasteiger partial charge is 0.0541 e. The van der Waals surface area contributed by atoms with Crippen molar-refractivity contribution in [3.8, 4) is 50.2 Å². The number of para-hydroxylation sites is 2. The van der Waals surface area contributed by atoms with Crippen molar-refractivity contribution in [3.63, 3.8) is 0 Å². The van der Waals surface area contributed by atoms with E-state index < -0.39 is 0 Å². The lowest BCUT2D eigenvalue weighted by Crippen LogP contribution is -2.09. The molecule has 14 rings (SSSR count). The van der Waals surface area contributed by atoms with E-state index in [1.807, 2.05) is 11.3 Å². The molecule has 0 aliphatic rings. The van der Waals surface area contributed by atoms with E-state index in [1.54, 1.807) is 0 Å². The molecule has 0 atom stereocenters. The lowest BCUT2D eigenvalue weighted by molar-refractivity contribution is 1.18. The van der Waals surface area contributed by atoms with Crippen molar-refractivity contribution < 1.29 is 0 Å². The van der Waals surface area contributed by atoms with Crippen molar-refractivity contribution in [1.29, 1.82) is 0 Å². The van der Waals surface area contributed by atoms with Gasteiger partial charge in [0.25, 0.3) is 0 Å². The Morgan fingerprint density at radius 2 is 0.704 bits per heavy atom. The summed E-state index contributed by atoms with van der Waals surface area (Å²) in [4.78, 5) is 2.37. The van der Waals surface area contributed by atoms with Gasteiger partial charge in [-0.1, -0.05) is 194 Å². The highest BCUT2D eigenvalue weighted by Gasteiger charge is 2.17. The van der Waals surface area contributed by atoms with Crippen LogP contribution in [0.1, 0.15) is 0 Å². The second kappa shape index (κ2) is 16.9. The number of benzene rings is 12. The molecule has 0 saturated carbocycles. The molecule has 2 aromatic heterocycles. The number of nitrogens with zero attached hydrogens (tertiary/aromatic N) is 2. The second-order valence-electron chi connectivity index (χ2n) is 18.5. The van der Waals surface area contributed by atoms with E-state index in [-0.39, 0.29) is 0 Å². The highest BCUT2D eigenvalue weighted by molar-refractivity contribution is 7.26. The first-order valence-corrected chi connectivity index (χ1v) is 25.1. The normalized spacial score (nSPS) is 11.7. The molecule has 0 radical (unpaired) electrons. The van der Waals surface area contributed by atoms with Gasteiger partial charge in [-0.15, -0.1) is 11.3 Å². The molecule has 14 aromatic rings. The highest BCUT2D eigenvalue weighted by Crippen LogP contribution is 2.42. The van der Waals surface area contributed by atoms with Crippen LogP contribution in [0.2, 0.25) is 0 Å². The summed E-state index contributed by atoms with van der Waals surface area (Å²) in [5.41, 5.74) is 16.4. The standard InChI is InChI=1S/C68H44N2S/c1-2-12-52-42-54(25-24-45(52)10-1)48-22-20-46(21-23-48)47-26-34-56(35-27-47)69(58-38-30-50(31-39-58)55-33-40-63-64-41-32-51-11-3-4-15-60(51)68(64)71-67(63)44-55)57-36-28-49(29-37-57)53-13-9-14-59(43-53)70-65-18-7-5-16-61(65)62-17-6-8-19-66(62)70/h1-44H. The molecule has 332 valence electrons. The van der Waals surface area contributed by atoms with E-state index in [4.69, 9.17) is 0 Å². The first-order valence-electron chi connectivity index (χ1n) is 24.3. The molecule has 0 unspecified atom stereocenters. The molecule has 0 N–H and O–H groups in total. The van der Waals surface area contributed by atoms with E-state index >= 15 is 0 Å². The minimum atomic E-state index is 1.09. The van der Waals surface area contributed by atoms with Crippen LogP contribution in [0.3, 0.4) is 0 Å². The number of fused-ring (bicyclic) bond motifs is 9. The molecule has 0 aliphatic carbocycles. The summed E-state index contributed by atoms with van der Waals surface area (Å²) in [6.45, 7) is 0. The van der Waals surface area contributed by atoms with Crippen molar-refractivity contribution in [3.05, 3.63) is 267 Å². The van der Waals surface area contributed by atoms with Crippen LogP contribution in [0, 0.1) is 0 Å². The predicted molar refractivity (Wildman–Crippen MR) is 305 cm³/mol. The van der Waals surface area contributed by atoms with Crippen molar-refractivity contribution in [1.82, 2.24) is 4.57 Å². The molecule has 0 bridgehead atoms. The van der Waals surface area contributed by atoms with E-state index in [2.05, 4.69) is 276 Å². The van der Waals surface area contributed by atoms with Gasteiger partial charge in [0.2, 0.25) is 0 Å². The molecule has 0 aliphatic heterocycles. The lowest BCUT2D eigenvalue weighted by Gasteiger charge is -2.26. The topological polar surface area (TPSA) is 8.17 Å². The van der Waals surface area contributed by atoms with E-state index in [0.29, 0.717) is 0 Å². The zero-order chi connectivity index (χ0) is 46.8. The van der Waals surface area contributed by atoms with Crippen molar-refractivity contribution >= 4 is 91.9 Å². The summed E-state index contributed by atoms with van der Waals surface area (Å²) < 4.78 is 5.05. The average Bonchev–Trinajstić information content (AvgIpc) is 4.00. The Balaban J connectivity index is 0.808. The van der Waals surface area contributed by atoms with Gasteiger partial charge in [-0.05, 0) is 139 Å². The number of anilines is 3. The average molecular weight is 921 g/mol. The maximum absolute atomic E-state index is 2.39. The summed E-state index contributed by atoms with van der Waals surface area (Å²) in [7, 11) is 0. The van der Waals surface area contributed by atoms with Crippen LogP contribution in [0.5, 0.6) is 0 Å². The molecule has 0 saturated heterocycles. The number of hydrogen-bond donors (Lipinski definition) is 0. The Hall–Kier alpha value is -9.02. The van der Waals surface area contributed by atoms with Gasteiger partial charge in [0.15, 0.2) is 0 Å². The predicted octanol–water partition coefficient (Wildman–Crippen LogP) is 19.6. The summed E-state index contributed by atoms with van der Waals surface area (Å²) in [6.07, 6.45) is 0. The van der Waals surface area contributed by atoms with Crippen molar-refractivity contribution in [2.75, 3.05) is 4.90 Å². The maximum atomic E-state index is 2.39. The third-order valence-electron chi connectivity index (χ3n) is 14.4. The molecular formula is C68H44N2S. The first kappa shape index (κ1) is 41.0. The quantitative estimate of drug-likeness (QED) is 0.147. The second-order valence-corrected chi connectivity index (χ2v) is 19.6. The van der Waals surface area contributed by atoms with Gasteiger partial charge in [0.1, 0.15) is 0 Å². The minimum Gasteiger partial charge on any atom is -0.311 e. The van der Waals surface area contributed by atoms with Crippen molar-refractivity contribution in [2.24, 2.45) is 0 Å². The fourth-order valence-electron chi connectivity index (χ4n) is 10.8. The van der Waals surface area contributed by atoms with Crippen molar-refractivity contribution in [2.45, 2.75) is 0 Å². The molecule has 0 spiro atoms. The molecule has 0 fully saturated rings. The minimum absolute atomic E-state index is 1.09. The van der Waals surface area contributed by atoms with Gasteiger partial charge < -0.3 is 9.47 Å². The third-order valence-corrected chi connectivity index (χ3v) is 15.6. The van der Waals surface area contributed by atoms with Crippen LogP contribution in [0.4, 0.5) is 17.1 Å². The molecule has 12 aromatic carbocycles. The maximum Gasteiger partial charge on any atom is 0.0541 e. The Labute approximate surface area is 416 Å². The molecular weight excluding hydrogens is 877 g/mol. The van der Waals surface area contributed by atoms with Gasteiger partial charge in [-0.3, -0.25) is 0 Å². The Bertz CT molecular complexity index is 4260. The van der Waals surface area contributed by atoms with Crippen LogP contribution >= 0.6 is 11.3 Å². The third kappa shape index (κ3) is 7.17. The largest absolute Gasteiger partial charge is 0.311 e. The molecule has 2 heterocycles. The number of hydrogen-bond acceptors (Lipinski definition) is 2. The Morgan fingerprint density at radius 3 is 1.32 bits per heavy atom. The fraction of sp³-hybridized carbons (Fsp3) is 0. The first-order chi connectivity index (χ1) is 35.2. The fourth-order valence-corrected chi connectivity index (χ4v) is 12.1. The van der Waals surface area contributed by atoms with Crippen LogP contribution in [0.25, 0.3) is 114 Å². The van der Waals surface area contributed by atoms with Gasteiger partial charge in [0, 0.05) is 53.7 Å². The highest BCUT2D eigenvalue weighted by atomic mass is 32.1. The molecule has 2 nitrogen and oxygen atoms in total. The summed E-state index contributed by atoms with van der Waals surface area (Å²) in [6, 6.07) is 97.8. The Morgan fingerprint density at radius 1 is 0.268 bits per heavy atom. The van der Waals surface area contributed by atoms with Gasteiger partial charge >= 0.3 is 0 Å². The number of aromatic nitrogens is 1. The summed E-state index contributed by atoms with van der Waals surface area (Å²) >= 11 is 1.89. The zero-order valence-corrected chi connectivity index (χ0v) is 39.5. The van der Waals surface area contributed by atoms with Gasteiger partial charge in [-0.2, -0.15) is 0 Å². The van der Waals surface area contributed by atoms with Gasteiger partial charge in [0.05, 0.1) is 11.0 Å². The molecule has 71 heavy (non-hydrogen) atoms. The van der Waals surface area contributed by atoms with Crippen LogP contribution in [0.15, 0.2) is 267 Å². The van der Waals surface area contributed by atoms with Crippen LogP contribution < -0.4 is 4.90 Å². The van der Waals surface area contributed by atoms with Gasteiger partial charge in [-0.25, -0.2) is 0 Å². The zero-order valence-electron chi connectivity index (χ0n) is 38.7. The number of rotatable bonds is 8. The SMILES string of the molecule is c1cc(-c2ccc(N(c3ccc(-c4ccc(-c5ccc6ccccc6c5)cc4)cc3)c3ccc(-c4ccc5c(c4)sc4c6ccccc6ccc54)cc3)cc2)cc(-n2c3ccccc3c3ccccc32)c1. The molecule has 0 amide bonds. The van der Waals surface area contributed by atoms with E-state index in [0.717, 1.165) is 22.7 Å². The summed E-state index contributed by atoms with van der Waals surface area (Å²) in [5.74, 6) is 0. The molecule has 3 heteroatoms. The monoisotopic (exact) mass is 920 g/mol. The van der Waals surface area contributed by atoms with Crippen LogP contribution in [-0.2, 0) is 0 Å².